The Kier molecular flexibility index (Phi) is 9.11. The third-order valence-electron chi connectivity index (χ3n) is 6.01. The highest BCUT2D eigenvalue weighted by Crippen LogP contribution is 2.16. The van der Waals surface area contributed by atoms with Gasteiger partial charge < -0.3 is 16.0 Å². The molecule has 0 radical (unpaired) electrons. The van der Waals surface area contributed by atoms with Crippen LogP contribution in [0.15, 0.2) is 53.5 Å². The van der Waals surface area contributed by atoms with Crippen molar-refractivity contribution in [3.63, 3.8) is 0 Å². The Labute approximate surface area is 192 Å². The maximum absolute atomic E-state index is 11.8. The molecule has 3 N–H and O–H groups in total. The molecule has 0 saturated carbocycles. The maximum atomic E-state index is 11.8. The zero-order chi connectivity index (χ0) is 22.8. The number of hydrogen-bond donors (Lipinski definition) is 3. The van der Waals surface area contributed by atoms with E-state index in [0.717, 1.165) is 57.0 Å². The third kappa shape index (κ3) is 7.09. The monoisotopic (exact) mass is 435 g/mol. The molecule has 1 amide bonds. The summed E-state index contributed by atoms with van der Waals surface area (Å²) >= 11 is 0. The van der Waals surface area contributed by atoms with Crippen LogP contribution in [0.25, 0.3) is 0 Å². The molecule has 0 aliphatic carbocycles. The molecule has 0 aromatic heterocycles. The summed E-state index contributed by atoms with van der Waals surface area (Å²) < 4.78 is 0. The van der Waals surface area contributed by atoms with Crippen molar-refractivity contribution in [2.45, 2.75) is 45.7 Å². The first kappa shape index (κ1) is 23.8. The van der Waals surface area contributed by atoms with Gasteiger partial charge in [0.2, 0.25) is 0 Å². The first-order valence-corrected chi connectivity index (χ1v) is 11.7. The molecular weight excluding hydrogens is 398 g/mol. The minimum absolute atomic E-state index is 0.0564. The average Bonchev–Trinajstić information content (AvgIpc) is 2.81. The summed E-state index contributed by atoms with van der Waals surface area (Å²) in [5.41, 5.74) is 4.61. The van der Waals surface area contributed by atoms with E-state index in [9.17, 15) is 4.79 Å². The molecule has 32 heavy (non-hydrogen) atoms. The van der Waals surface area contributed by atoms with Gasteiger partial charge in [0.15, 0.2) is 5.96 Å². The number of hydrogen-bond acceptors (Lipinski definition) is 3. The largest absolute Gasteiger partial charge is 0.357 e. The third-order valence-corrected chi connectivity index (χ3v) is 6.01. The van der Waals surface area contributed by atoms with Crippen molar-refractivity contribution < 1.29 is 4.79 Å². The lowest BCUT2D eigenvalue weighted by Crippen LogP contribution is -2.48. The van der Waals surface area contributed by atoms with Crippen LogP contribution in [0.3, 0.4) is 0 Å². The summed E-state index contributed by atoms with van der Waals surface area (Å²) in [6.45, 7) is 9.02. The molecule has 1 aliphatic heterocycles. The molecule has 0 bridgehead atoms. The van der Waals surface area contributed by atoms with Gasteiger partial charge >= 0.3 is 0 Å². The second-order valence-corrected chi connectivity index (χ2v) is 8.41. The molecule has 6 nitrogen and oxygen atoms in total. The van der Waals surface area contributed by atoms with Crippen molar-refractivity contribution in [2.24, 2.45) is 4.99 Å². The Morgan fingerprint density at radius 2 is 1.91 bits per heavy atom. The van der Waals surface area contributed by atoms with Crippen LogP contribution in [0.2, 0.25) is 0 Å². The number of amides is 1. The number of carbonyl (C=O) groups excluding carboxylic acids is 1. The summed E-state index contributed by atoms with van der Waals surface area (Å²) in [6, 6.07) is 16.9. The number of carbonyl (C=O) groups is 1. The highest BCUT2D eigenvalue weighted by atomic mass is 16.1. The second-order valence-electron chi connectivity index (χ2n) is 8.41. The van der Waals surface area contributed by atoms with Gasteiger partial charge in [-0.2, -0.15) is 0 Å². The molecule has 1 heterocycles. The van der Waals surface area contributed by atoms with Crippen molar-refractivity contribution in [2.75, 3.05) is 33.2 Å². The lowest BCUT2D eigenvalue weighted by molar-refractivity contribution is 0.0963. The van der Waals surface area contributed by atoms with E-state index in [1.54, 1.807) is 7.05 Å². The Bertz CT molecular complexity index is 903. The Hall–Kier alpha value is -2.86. The molecular formula is C26H37N5O. The number of piperidine rings is 1. The van der Waals surface area contributed by atoms with Gasteiger partial charge in [0.1, 0.15) is 0 Å². The quantitative estimate of drug-likeness (QED) is 0.440. The van der Waals surface area contributed by atoms with E-state index in [0.29, 0.717) is 18.2 Å². The number of likely N-dealkylation sites (tertiary alicyclic amines) is 1. The molecule has 1 aliphatic rings. The van der Waals surface area contributed by atoms with Gasteiger partial charge in [0, 0.05) is 51.4 Å². The van der Waals surface area contributed by atoms with Crippen molar-refractivity contribution in [1.82, 2.24) is 20.9 Å². The molecule has 3 rings (SSSR count). The van der Waals surface area contributed by atoms with E-state index in [2.05, 4.69) is 59.0 Å². The molecule has 1 saturated heterocycles. The predicted octanol–water partition coefficient (Wildman–Crippen LogP) is 3.12. The standard InChI is InChI=1S/C26H37N5O/c1-4-28-26(29-15-12-21-9-7-11-22(18-21)25(32)27-3)30-24-13-16-31(17-14-24)19-23-10-6-5-8-20(23)2/h5-11,18,24H,4,12-17,19H2,1-3H3,(H,27,32)(H2,28,29,30). The van der Waals surface area contributed by atoms with Crippen LogP contribution < -0.4 is 16.0 Å². The van der Waals surface area contributed by atoms with Crippen LogP contribution in [0, 0.1) is 6.92 Å². The smallest absolute Gasteiger partial charge is 0.251 e. The van der Waals surface area contributed by atoms with Crippen LogP contribution in [0.4, 0.5) is 0 Å². The summed E-state index contributed by atoms with van der Waals surface area (Å²) in [5, 5.41) is 9.67. The van der Waals surface area contributed by atoms with Gasteiger partial charge in [-0.25, -0.2) is 0 Å². The summed E-state index contributed by atoms with van der Waals surface area (Å²) in [5.74, 6) is 0.825. The normalized spacial score (nSPS) is 15.4. The van der Waals surface area contributed by atoms with E-state index < -0.39 is 0 Å². The highest BCUT2D eigenvalue weighted by Gasteiger charge is 2.20. The predicted molar refractivity (Wildman–Crippen MR) is 132 cm³/mol. The number of nitrogens with one attached hydrogen (secondary N) is 3. The van der Waals surface area contributed by atoms with Crippen LogP contribution >= 0.6 is 0 Å². The van der Waals surface area contributed by atoms with Gasteiger partial charge in [-0.3, -0.25) is 14.7 Å². The van der Waals surface area contributed by atoms with Gasteiger partial charge in [-0.15, -0.1) is 0 Å². The first-order valence-electron chi connectivity index (χ1n) is 11.7. The fourth-order valence-electron chi connectivity index (χ4n) is 4.09. The van der Waals surface area contributed by atoms with E-state index in [4.69, 9.17) is 4.99 Å². The Balaban J connectivity index is 1.48. The lowest BCUT2D eigenvalue weighted by atomic mass is 10.0. The summed E-state index contributed by atoms with van der Waals surface area (Å²) in [6.07, 6.45) is 3.03. The zero-order valence-electron chi connectivity index (χ0n) is 19.7. The summed E-state index contributed by atoms with van der Waals surface area (Å²) in [4.78, 5) is 19.2. The Morgan fingerprint density at radius 3 is 2.62 bits per heavy atom. The lowest BCUT2D eigenvalue weighted by Gasteiger charge is -2.33. The SMILES string of the molecule is CCNC(=NCCc1cccc(C(=O)NC)c1)NC1CCN(Cc2ccccc2C)CC1. The van der Waals surface area contributed by atoms with Crippen LogP contribution in [0.5, 0.6) is 0 Å². The summed E-state index contributed by atoms with van der Waals surface area (Å²) in [7, 11) is 1.65. The van der Waals surface area contributed by atoms with E-state index in [-0.39, 0.29) is 5.91 Å². The van der Waals surface area contributed by atoms with Crippen LogP contribution in [0.1, 0.15) is 46.8 Å². The van der Waals surface area contributed by atoms with Crippen LogP contribution in [-0.2, 0) is 13.0 Å². The van der Waals surface area contributed by atoms with Crippen molar-refractivity contribution in [1.29, 1.82) is 0 Å². The van der Waals surface area contributed by atoms with E-state index in [1.807, 2.05) is 24.3 Å². The maximum Gasteiger partial charge on any atom is 0.251 e. The molecule has 2 aromatic rings. The van der Waals surface area contributed by atoms with Gasteiger partial charge in [0.05, 0.1) is 0 Å². The molecule has 172 valence electrons. The number of benzene rings is 2. The molecule has 1 fully saturated rings. The Morgan fingerprint density at radius 1 is 1.12 bits per heavy atom. The average molecular weight is 436 g/mol. The van der Waals surface area contributed by atoms with Crippen molar-refractivity contribution in [3.8, 4) is 0 Å². The van der Waals surface area contributed by atoms with Crippen molar-refractivity contribution in [3.05, 3.63) is 70.8 Å². The van der Waals surface area contributed by atoms with E-state index in [1.165, 1.54) is 11.1 Å². The van der Waals surface area contributed by atoms with E-state index >= 15 is 0 Å². The molecule has 6 heteroatoms. The number of rotatable bonds is 8. The second kappa shape index (κ2) is 12.2. The number of nitrogens with zero attached hydrogens (tertiary/aromatic N) is 2. The fraction of sp³-hybridized carbons (Fsp3) is 0.462. The molecule has 0 spiro atoms. The van der Waals surface area contributed by atoms with Crippen LogP contribution in [-0.4, -0.2) is 56.0 Å². The zero-order valence-corrected chi connectivity index (χ0v) is 19.7. The molecule has 0 atom stereocenters. The molecule has 0 unspecified atom stereocenters. The topological polar surface area (TPSA) is 68.8 Å². The highest BCUT2D eigenvalue weighted by molar-refractivity contribution is 5.94. The number of guanidine groups is 1. The van der Waals surface area contributed by atoms with Gasteiger partial charge in [-0.1, -0.05) is 36.4 Å². The first-order chi connectivity index (χ1) is 15.6. The fourth-order valence-corrected chi connectivity index (χ4v) is 4.09. The molecule has 2 aromatic carbocycles. The number of aliphatic imine (C=N–C) groups is 1. The van der Waals surface area contributed by atoms with Gasteiger partial charge in [0.25, 0.3) is 5.91 Å². The van der Waals surface area contributed by atoms with Gasteiger partial charge in [-0.05, 0) is 61.9 Å². The number of aryl methyl sites for hydroxylation is 1. The minimum Gasteiger partial charge on any atom is -0.357 e. The van der Waals surface area contributed by atoms with Crippen molar-refractivity contribution >= 4 is 11.9 Å². The minimum atomic E-state index is -0.0564.